The maximum absolute atomic E-state index is 6.09. The Kier molecular flexibility index (Phi) is 4.95. The van der Waals surface area contributed by atoms with Crippen LogP contribution in [0.2, 0.25) is 0 Å². The lowest BCUT2D eigenvalue weighted by atomic mass is 9.93. The summed E-state index contributed by atoms with van der Waals surface area (Å²) in [4.78, 5) is 6.55. The highest BCUT2D eigenvalue weighted by atomic mass is 32.1. The predicted molar refractivity (Wildman–Crippen MR) is 101 cm³/mol. The number of aryl methyl sites for hydroxylation is 1. The molecule has 0 fully saturated rings. The van der Waals surface area contributed by atoms with Crippen LogP contribution >= 0.6 is 11.3 Å². The highest BCUT2D eigenvalue weighted by Crippen LogP contribution is 2.35. The van der Waals surface area contributed by atoms with Crippen LogP contribution in [0.5, 0.6) is 5.75 Å². The molecule has 0 bridgehead atoms. The molecule has 3 aromatic rings. The molecular formula is C20H24N2O2S. The minimum atomic E-state index is -0.102. The van der Waals surface area contributed by atoms with Crippen LogP contribution in [0.1, 0.15) is 49.9 Å². The Morgan fingerprint density at radius 2 is 2.00 bits per heavy atom. The van der Waals surface area contributed by atoms with Crippen molar-refractivity contribution in [3.05, 3.63) is 52.7 Å². The van der Waals surface area contributed by atoms with Crippen LogP contribution in [0.3, 0.4) is 0 Å². The monoisotopic (exact) mass is 356 g/mol. The third-order valence-corrected chi connectivity index (χ3v) is 5.59. The summed E-state index contributed by atoms with van der Waals surface area (Å²) in [6.45, 7) is 11.2. The van der Waals surface area contributed by atoms with Crippen molar-refractivity contribution in [3.63, 3.8) is 0 Å². The number of hydrogen-bond donors (Lipinski definition) is 0. The highest BCUT2D eigenvalue weighted by molar-refractivity contribution is 7.15. The van der Waals surface area contributed by atoms with Gasteiger partial charge in [-0.05, 0) is 35.7 Å². The lowest BCUT2D eigenvalue weighted by Gasteiger charge is -2.23. The van der Waals surface area contributed by atoms with Gasteiger partial charge < -0.3 is 9.26 Å². The van der Waals surface area contributed by atoms with Crippen molar-refractivity contribution in [1.82, 2.24) is 10.1 Å². The van der Waals surface area contributed by atoms with Gasteiger partial charge in [-0.15, -0.1) is 11.3 Å². The van der Waals surface area contributed by atoms with Crippen LogP contribution in [-0.2, 0) is 5.41 Å². The average molecular weight is 356 g/mol. The number of hydrogen-bond acceptors (Lipinski definition) is 5. The normalized spacial score (nSPS) is 11.9. The second-order valence-corrected chi connectivity index (χ2v) is 8.28. The summed E-state index contributed by atoms with van der Waals surface area (Å²) in [6.07, 6.45) is 0. The standard InChI is InChI=1S/C20H24N2O2S/c1-13(2)15-7-6-8-16(11-15)23-12-20(4,5)18-10-9-17(25-18)19-21-14(3)24-22-19/h6-11,13H,12H2,1-5H3. The van der Waals surface area contributed by atoms with E-state index < -0.39 is 0 Å². The molecule has 0 aliphatic rings. The smallest absolute Gasteiger partial charge is 0.223 e. The van der Waals surface area contributed by atoms with Crippen molar-refractivity contribution in [2.75, 3.05) is 6.61 Å². The molecule has 0 amide bonds. The van der Waals surface area contributed by atoms with Gasteiger partial charge in [0.1, 0.15) is 5.75 Å². The van der Waals surface area contributed by atoms with E-state index in [1.165, 1.54) is 10.4 Å². The van der Waals surface area contributed by atoms with Crippen molar-refractivity contribution in [3.8, 4) is 16.5 Å². The SMILES string of the molecule is Cc1nc(-c2ccc(C(C)(C)COc3cccc(C(C)C)c3)s2)no1. The maximum Gasteiger partial charge on any atom is 0.223 e. The van der Waals surface area contributed by atoms with Gasteiger partial charge in [-0.3, -0.25) is 0 Å². The summed E-state index contributed by atoms with van der Waals surface area (Å²) in [5, 5.41) is 3.99. The van der Waals surface area contributed by atoms with E-state index in [0.717, 1.165) is 10.6 Å². The molecule has 0 aliphatic carbocycles. The van der Waals surface area contributed by atoms with E-state index in [4.69, 9.17) is 9.26 Å². The summed E-state index contributed by atoms with van der Waals surface area (Å²) >= 11 is 1.68. The fourth-order valence-electron chi connectivity index (χ4n) is 2.52. The molecule has 2 heterocycles. The summed E-state index contributed by atoms with van der Waals surface area (Å²) in [5.74, 6) is 2.65. The number of aromatic nitrogens is 2. The molecule has 132 valence electrons. The van der Waals surface area contributed by atoms with E-state index in [9.17, 15) is 0 Å². The summed E-state index contributed by atoms with van der Waals surface area (Å²) in [5.41, 5.74) is 1.19. The molecule has 4 nitrogen and oxygen atoms in total. The number of nitrogens with zero attached hydrogens (tertiary/aromatic N) is 2. The van der Waals surface area contributed by atoms with Crippen molar-refractivity contribution < 1.29 is 9.26 Å². The van der Waals surface area contributed by atoms with Gasteiger partial charge in [0.25, 0.3) is 0 Å². The van der Waals surface area contributed by atoms with Gasteiger partial charge in [-0.1, -0.05) is 45.0 Å². The molecule has 0 saturated carbocycles. The van der Waals surface area contributed by atoms with Crippen LogP contribution in [-0.4, -0.2) is 16.7 Å². The molecular weight excluding hydrogens is 332 g/mol. The first-order chi connectivity index (χ1) is 11.8. The van der Waals surface area contributed by atoms with Gasteiger partial charge in [-0.2, -0.15) is 4.98 Å². The zero-order chi connectivity index (χ0) is 18.0. The van der Waals surface area contributed by atoms with Crippen LogP contribution < -0.4 is 4.74 Å². The van der Waals surface area contributed by atoms with Crippen molar-refractivity contribution in [1.29, 1.82) is 0 Å². The van der Waals surface area contributed by atoms with Gasteiger partial charge in [0.2, 0.25) is 11.7 Å². The Balaban J connectivity index is 1.71. The highest BCUT2D eigenvalue weighted by Gasteiger charge is 2.25. The Labute approximate surface area is 152 Å². The fourth-order valence-corrected chi connectivity index (χ4v) is 3.54. The molecule has 0 radical (unpaired) electrons. The number of thiophene rings is 1. The van der Waals surface area contributed by atoms with E-state index >= 15 is 0 Å². The zero-order valence-electron chi connectivity index (χ0n) is 15.4. The van der Waals surface area contributed by atoms with E-state index in [0.29, 0.717) is 24.2 Å². The Bertz CT molecular complexity index is 849. The second-order valence-electron chi connectivity index (χ2n) is 7.20. The van der Waals surface area contributed by atoms with E-state index in [1.54, 1.807) is 18.3 Å². The largest absolute Gasteiger partial charge is 0.493 e. The van der Waals surface area contributed by atoms with Crippen LogP contribution in [0.15, 0.2) is 40.9 Å². The minimum absolute atomic E-state index is 0.102. The van der Waals surface area contributed by atoms with Gasteiger partial charge in [0.05, 0.1) is 11.5 Å². The Morgan fingerprint density at radius 1 is 1.20 bits per heavy atom. The summed E-state index contributed by atoms with van der Waals surface area (Å²) in [7, 11) is 0. The molecule has 0 unspecified atom stereocenters. The molecule has 0 N–H and O–H groups in total. The lowest BCUT2D eigenvalue weighted by molar-refractivity contribution is 0.243. The average Bonchev–Trinajstić information content (AvgIpc) is 3.22. The Hall–Kier alpha value is -2.14. The molecule has 2 aromatic heterocycles. The number of ether oxygens (including phenoxy) is 1. The molecule has 0 atom stereocenters. The van der Waals surface area contributed by atoms with E-state index in [-0.39, 0.29) is 5.41 Å². The maximum atomic E-state index is 6.09. The summed E-state index contributed by atoms with van der Waals surface area (Å²) < 4.78 is 11.2. The molecule has 1 aromatic carbocycles. The quantitative estimate of drug-likeness (QED) is 0.578. The Morgan fingerprint density at radius 3 is 2.68 bits per heavy atom. The van der Waals surface area contributed by atoms with Crippen LogP contribution in [0, 0.1) is 6.92 Å². The van der Waals surface area contributed by atoms with Gasteiger partial charge in [0, 0.05) is 17.2 Å². The minimum Gasteiger partial charge on any atom is -0.493 e. The van der Waals surface area contributed by atoms with Crippen molar-refractivity contribution in [2.45, 2.75) is 46.0 Å². The fraction of sp³-hybridized carbons (Fsp3) is 0.400. The molecule has 0 aliphatic heterocycles. The summed E-state index contributed by atoms with van der Waals surface area (Å²) in [6, 6.07) is 12.5. The molecule has 0 spiro atoms. The van der Waals surface area contributed by atoms with Gasteiger partial charge in [0.15, 0.2) is 0 Å². The number of rotatable bonds is 6. The predicted octanol–water partition coefficient (Wildman–Crippen LogP) is 5.59. The topological polar surface area (TPSA) is 48.2 Å². The second kappa shape index (κ2) is 7.00. The molecule has 5 heteroatoms. The first kappa shape index (κ1) is 17.7. The lowest BCUT2D eigenvalue weighted by Crippen LogP contribution is -2.25. The molecule has 25 heavy (non-hydrogen) atoms. The van der Waals surface area contributed by atoms with Crippen molar-refractivity contribution >= 4 is 11.3 Å². The van der Waals surface area contributed by atoms with E-state index in [1.807, 2.05) is 12.1 Å². The van der Waals surface area contributed by atoms with Crippen LogP contribution in [0.4, 0.5) is 0 Å². The first-order valence-corrected chi connectivity index (χ1v) is 9.30. The van der Waals surface area contributed by atoms with Gasteiger partial charge >= 0.3 is 0 Å². The third-order valence-electron chi connectivity index (χ3n) is 4.15. The van der Waals surface area contributed by atoms with Crippen molar-refractivity contribution in [2.24, 2.45) is 0 Å². The number of benzene rings is 1. The van der Waals surface area contributed by atoms with Gasteiger partial charge in [-0.25, -0.2) is 0 Å². The molecule has 0 saturated heterocycles. The third kappa shape index (κ3) is 4.10. The zero-order valence-corrected chi connectivity index (χ0v) is 16.2. The molecule has 3 rings (SSSR count). The van der Waals surface area contributed by atoms with E-state index in [2.05, 4.69) is 62.1 Å². The first-order valence-electron chi connectivity index (χ1n) is 8.49. The van der Waals surface area contributed by atoms with Crippen LogP contribution in [0.25, 0.3) is 10.7 Å².